The summed E-state index contributed by atoms with van der Waals surface area (Å²) >= 11 is 0. The minimum atomic E-state index is 0.149. The van der Waals surface area contributed by atoms with Crippen molar-refractivity contribution in [1.82, 2.24) is 10.2 Å². The van der Waals surface area contributed by atoms with Gasteiger partial charge in [-0.25, -0.2) is 0 Å². The molecular formula is C22H18N2O3. The van der Waals surface area contributed by atoms with Crippen LogP contribution < -0.4 is 4.74 Å². The van der Waals surface area contributed by atoms with Gasteiger partial charge in [-0.1, -0.05) is 36.4 Å². The molecule has 0 saturated heterocycles. The molecule has 0 atom stereocenters. The predicted octanol–water partition coefficient (Wildman–Crippen LogP) is 5.13. The van der Waals surface area contributed by atoms with Gasteiger partial charge in [-0.2, -0.15) is 5.10 Å². The highest BCUT2D eigenvalue weighted by atomic mass is 16.5. The number of ether oxygens (including phenoxy) is 1. The van der Waals surface area contributed by atoms with Crippen molar-refractivity contribution in [2.75, 3.05) is 6.61 Å². The molecule has 0 radical (unpaired) electrons. The largest absolute Gasteiger partial charge is 0.507 e. The van der Waals surface area contributed by atoms with Crippen LogP contribution >= 0.6 is 0 Å². The highest BCUT2D eigenvalue weighted by molar-refractivity contribution is 5.82. The number of nitrogens with zero attached hydrogens (tertiary/aromatic N) is 1. The summed E-state index contributed by atoms with van der Waals surface area (Å²) in [6.07, 6.45) is 7.21. The number of benzene rings is 2. The van der Waals surface area contributed by atoms with Crippen LogP contribution in [0.3, 0.4) is 0 Å². The third-order valence-electron chi connectivity index (χ3n) is 4.12. The van der Waals surface area contributed by atoms with E-state index in [9.17, 15) is 5.11 Å². The van der Waals surface area contributed by atoms with E-state index in [1.807, 2.05) is 48.6 Å². The van der Waals surface area contributed by atoms with Crippen LogP contribution in [0.1, 0.15) is 5.56 Å². The van der Waals surface area contributed by atoms with E-state index in [2.05, 4.69) is 10.2 Å². The van der Waals surface area contributed by atoms with Crippen LogP contribution in [-0.4, -0.2) is 21.9 Å². The van der Waals surface area contributed by atoms with Crippen molar-refractivity contribution in [2.45, 2.75) is 0 Å². The van der Waals surface area contributed by atoms with Gasteiger partial charge in [0, 0.05) is 11.1 Å². The van der Waals surface area contributed by atoms with Crippen molar-refractivity contribution in [2.24, 2.45) is 0 Å². The van der Waals surface area contributed by atoms with Gasteiger partial charge in [-0.15, -0.1) is 0 Å². The summed E-state index contributed by atoms with van der Waals surface area (Å²) < 4.78 is 11.2. The summed E-state index contributed by atoms with van der Waals surface area (Å²) in [6, 6.07) is 18.8. The van der Waals surface area contributed by atoms with Crippen molar-refractivity contribution >= 4 is 6.08 Å². The summed E-state index contributed by atoms with van der Waals surface area (Å²) in [5, 5.41) is 17.3. The van der Waals surface area contributed by atoms with E-state index in [-0.39, 0.29) is 5.75 Å². The molecule has 2 heterocycles. The molecule has 5 nitrogen and oxygen atoms in total. The van der Waals surface area contributed by atoms with E-state index >= 15 is 0 Å². The molecule has 0 unspecified atom stereocenters. The van der Waals surface area contributed by atoms with Gasteiger partial charge >= 0.3 is 0 Å². The van der Waals surface area contributed by atoms with Crippen LogP contribution in [0.5, 0.6) is 11.5 Å². The zero-order chi connectivity index (χ0) is 18.5. The van der Waals surface area contributed by atoms with Crippen LogP contribution in [0.25, 0.3) is 28.7 Å². The Labute approximate surface area is 156 Å². The number of hydrogen-bond acceptors (Lipinski definition) is 4. The second-order valence-corrected chi connectivity index (χ2v) is 5.94. The highest BCUT2D eigenvalue weighted by Crippen LogP contribution is 2.37. The summed E-state index contributed by atoms with van der Waals surface area (Å²) in [5.74, 6) is 1.46. The molecule has 2 N–H and O–H groups in total. The van der Waals surface area contributed by atoms with E-state index < -0.39 is 0 Å². The Morgan fingerprint density at radius 3 is 2.74 bits per heavy atom. The predicted molar refractivity (Wildman–Crippen MR) is 104 cm³/mol. The lowest BCUT2D eigenvalue weighted by Crippen LogP contribution is -1.93. The number of aromatic hydroxyl groups is 1. The Kier molecular flexibility index (Phi) is 4.74. The molecule has 2 aromatic heterocycles. The Hall–Kier alpha value is -3.73. The number of rotatable bonds is 6. The van der Waals surface area contributed by atoms with Gasteiger partial charge in [0.2, 0.25) is 0 Å². The van der Waals surface area contributed by atoms with E-state index in [0.29, 0.717) is 29.4 Å². The van der Waals surface area contributed by atoms with Crippen molar-refractivity contribution in [3.8, 4) is 34.1 Å². The maximum atomic E-state index is 10.3. The van der Waals surface area contributed by atoms with Crippen molar-refractivity contribution in [1.29, 1.82) is 0 Å². The van der Waals surface area contributed by atoms with Gasteiger partial charge in [-0.3, -0.25) is 5.10 Å². The molecular weight excluding hydrogens is 340 g/mol. The Balaban J connectivity index is 1.53. The molecule has 2 aromatic carbocycles. The van der Waals surface area contributed by atoms with Gasteiger partial charge in [0.05, 0.1) is 12.5 Å². The van der Waals surface area contributed by atoms with E-state index in [4.69, 9.17) is 9.15 Å². The van der Waals surface area contributed by atoms with Gasteiger partial charge in [0.15, 0.2) is 5.76 Å². The van der Waals surface area contributed by atoms with Crippen LogP contribution in [0, 0.1) is 0 Å². The average Bonchev–Trinajstić information content (AvgIpc) is 3.38. The summed E-state index contributed by atoms with van der Waals surface area (Å²) in [6.45, 7) is 0.426. The zero-order valence-corrected chi connectivity index (χ0v) is 14.5. The van der Waals surface area contributed by atoms with Crippen LogP contribution in [0.15, 0.2) is 83.6 Å². The molecule has 0 spiro atoms. The molecule has 5 heteroatoms. The van der Waals surface area contributed by atoms with Crippen molar-refractivity contribution in [3.63, 3.8) is 0 Å². The number of hydrogen-bond donors (Lipinski definition) is 2. The maximum absolute atomic E-state index is 10.3. The van der Waals surface area contributed by atoms with Crippen molar-refractivity contribution in [3.05, 3.63) is 84.8 Å². The normalized spacial score (nSPS) is 11.1. The molecule has 0 bridgehead atoms. The lowest BCUT2D eigenvalue weighted by molar-refractivity contribution is 0.363. The first-order valence-corrected chi connectivity index (χ1v) is 8.56. The molecule has 27 heavy (non-hydrogen) atoms. The quantitative estimate of drug-likeness (QED) is 0.501. The molecule has 4 rings (SSSR count). The van der Waals surface area contributed by atoms with Crippen LogP contribution in [-0.2, 0) is 0 Å². The standard InChI is InChI=1S/C22H18N2O3/c25-20-11-10-17(26-12-4-8-16-6-2-1-3-7-16)14-18(20)19-15-23-24-22(19)21-9-5-13-27-21/h1-11,13-15,25H,12H2,(H,23,24)/b8-4-. The van der Waals surface area contributed by atoms with E-state index in [1.165, 1.54) is 0 Å². The van der Waals surface area contributed by atoms with Crippen molar-refractivity contribution < 1.29 is 14.3 Å². The second-order valence-electron chi connectivity index (χ2n) is 5.94. The van der Waals surface area contributed by atoms with Gasteiger partial charge in [-0.05, 0) is 42.0 Å². The molecule has 0 aliphatic rings. The molecule has 134 valence electrons. The number of aromatic nitrogens is 2. The highest BCUT2D eigenvalue weighted by Gasteiger charge is 2.15. The minimum absolute atomic E-state index is 0.149. The fraction of sp³-hybridized carbons (Fsp3) is 0.0455. The number of aromatic amines is 1. The fourth-order valence-corrected chi connectivity index (χ4v) is 2.81. The van der Waals surface area contributed by atoms with Gasteiger partial charge in [0.1, 0.15) is 23.8 Å². The molecule has 0 aliphatic heterocycles. The summed E-state index contributed by atoms with van der Waals surface area (Å²) in [4.78, 5) is 0. The number of H-pyrrole nitrogens is 1. The first-order chi connectivity index (χ1) is 13.3. The average molecular weight is 358 g/mol. The molecule has 0 saturated carbocycles. The van der Waals surface area contributed by atoms with Gasteiger partial charge < -0.3 is 14.3 Å². The number of nitrogens with one attached hydrogen (secondary N) is 1. The molecule has 0 aliphatic carbocycles. The van der Waals surface area contributed by atoms with E-state index in [0.717, 1.165) is 11.1 Å². The topological polar surface area (TPSA) is 71.3 Å². The monoisotopic (exact) mass is 358 g/mol. The SMILES string of the molecule is Oc1ccc(OC/C=C\c2ccccc2)cc1-c1cn[nH]c1-c1ccco1. The zero-order valence-electron chi connectivity index (χ0n) is 14.5. The Bertz CT molecular complexity index is 1030. The van der Waals surface area contributed by atoms with E-state index in [1.54, 1.807) is 36.7 Å². The minimum Gasteiger partial charge on any atom is -0.507 e. The molecule has 0 fully saturated rings. The lowest BCUT2D eigenvalue weighted by atomic mass is 10.0. The van der Waals surface area contributed by atoms with Crippen LogP contribution in [0.4, 0.5) is 0 Å². The summed E-state index contributed by atoms with van der Waals surface area (Å²) in [5.41, 5.74) is 3.19. The number of phenolic OH excluding ortho intramolecular Hbond substituents is 1. The molecule has 0 amide bonds. The first kappa shape index (κ1) is 16.7. The fourth-order valence-electron chi connectivity index (χ4n) is 2.81. The third kappa shape index (κ3) is 3.77. The van der Waals surface area contributed by atoms with Gasteiger partial charge in [0.25, 0.3) is 0 Å². The maximum Gasteiger partial charge on any atom is 0.152 e. The Morgan fingerprint density at radius 2 is 1.93 bits per heavy atom. The number of phenols is 1. The lowest BCUT2D eigenvalue weighted by Gasteiger charge is -2.08. The van der Waals surface area contributed by atoms with Crippen LogP contribution in [0.2, 0.25) is 0 Å². The smallest absolute Gasteiger partial charge is 0.152 e. The summed E-state index contributed by atoms with van der Waals surface area (Å²) in [7, 11) is 0. The number of furan rings is 1. The molecule has 4 aromatic rings. The third-order valence-corrected chi connectivity index (χ3v) is 4.12. The first-order valence-electron chi connectivity index (χ1n) is 8.56. The Morgan fingerprint density at radius 1 is 1.04 bits per heavy atom. The second kappa shape index (κ2) is 7.66.